The Morgan fingerprint density at radius 1 is 0.775 bits per heavy atom. The van der Waals surface area contributed by atoms with Crippen LogP contribution in [0.3, 0.4) is 0 Å². The van der Waals surface area contributed by atoms with Crippen LogP contribution in [0.5, 0.6) is 23.0 Å². The van der Waals surface area contributed by atoms with E-state index in [1.165, 1.54) is 0 Å². The van der Waals surface area contributed by atoms with E-state index in [0.717, 1.165) is 37.2 Å². The van der Waals surface area contributed by atoms with Gasteiger partial charge in [-0.1, -0.05) is 18.2 Å². The molecule has 1 aliphatic heterocycles. The van der Waals surface area contributed by atoms with Crippen LogP contribution in [0, 0.1) is 0 Å². The molecule has 4 rings (SSSR count). The summed E-state index contributed by atoms with van der Waals surface area (Å²) in [4.78, 5) is 28.2. The molecule has 0 radical (unpaired) electrons. The predicted octanol–water partition coefficient (Wildman–Crippen LogP) is 4.09. The second kappa shape index (κ2) is 13.6. The van der Waals surface area contributed by atoms with E-state index in [1.807, 2.05) is 42.5 Å². The maximum Gasteiger partial charge on any atom is 0.253 e. The normalized spacial score (nSPS) is 13.3. The number of nitrogens with zero attached hydrogens (tertiary/aromatic N) is 1. The Hall–Kier alpha value is -4.40. The zero-order valence-corrected chi connectivity index (χ0v) is 23.5. The van der Waals surface area contributed by atoms with E-state index in [4.69, 9.17) is 18.9 Å². The number of nitrogens with one attached hydrogen (secondary N) is 2. The molecule has 1 fully saturated rings. The summed E-state index contributed by atoms with van der Waals surface area (Å²) >= 11 is 0. The van der Waals surface area contributed by atoms with Gasteiger partial charge in [0, 0.05) is 36.9 Å². The first kappa shape index (κ1) is 28.6. The number of piperidine rings is 1. The number of carbonyl (C=O) groups excluding carboxylic acids is 2. The van der Waals surface area contributed by atoms with Gasteiger partial charge in [0.2, 0.25) is 0 Å². The SMILES string of the molecule is COc1ccc(CCNC(=O)c2ccccc2N2CCC(NC(=O)c3ccc(OC)c(OC)c3)CC2)cc1OC. The van der Waals surface area contributed by atoms with Crippen molar-refractivity contribution >= 4 is 17.5 Å². The quantitative estimate of drug-likeness (QED) is 0.373. The summed E-state index contributed by atoms with van der Waals surface area (Å²) in [6, 6.07) is 18.6. The molecule has 1 saturated heterocycles. The summed E-state index contributed by atoms with van der Waals surface area (Å²) in [6.07, 6.45) is 2.21. The van der Waals surface area contributed by atoms with E-state index in [2.05, 4.69) is 15.5 Å². The zero-order chi connectivity index (χ0) is 28.5. The predicted molar refractivity (Wildman–Crippen MR) is 154 cm³/mol. The van der Waals surface area contributed by atoms with Gasteiger partial charge in [-0.15, -0.1) is 0 Å². The summed E-state index contributed by atoms with van der Waals surface area (Å²) in [5.74, 6) is 2.18. The smallest absolute Gasteiger partial charge is 0.253 e. The van der Waals surface area contributed by atoms with Crippen molar-refractivity contribution in [1.82, 2.24) is 10.6 Å². The van der Waals surface area contributed by atoms with Crippen molar-refractivity contribution in [3.8, 4) is 23.0 Å². The largest absolute Gasteiger partial charge is 0.493 e. The first-order chi connectivity index (χ1) is 19.5. The average molecular weight is 548 g/mol. The molecule has 1 aliphatic rings. The number of ether oxygens (including phenoxy) is 4. The molecular weight excluding hydrogens is 510 g/mol. The molecule has 0 atom stereocenters. The van der Waals surface area contributed by atoms with Crippen LogP contribution in [0.4, 0.5) is 5.69 Å². The first-order valence-electron chi connectivity index (χ1n) is 13.3. The van der Waals surface area contributed by atoms with Crippen LogP contribution in [-0.4, -0.2) is 65.9 Å². The number of amides is 2. The van der Waals surface area contributed by atoms with Crippen molar-refractivity contribution < 1.29 is 28.5 Å². The van der Waals surface area contributed by atoms with E-state index in [9.17, 15) is 9.59 Å². The number of hydrogen-bond acceptors (Lipinski definition) is 7. The maximum atomic E-state index is 13.1. The van der Waals surface area contributed by atoms with Crippen LogP contribution in [-0.2, 0) is 6.42 Å². The molecule has 212 valence electrons. The van der Waals surface area contributed by atoms with Crippen LogP contribution in [0.2, 0.25) is 0 Å². The third-order valence-corrected chi connectivity index (χ3v) is 7.11. The number of rotatable bonds is 11. The number of hydrogen-bond donors (Lipinski definition) is 2. The molecule has 0 unspecified atom stereocenters. The Kier molecular flexibility index (Phi) is 9.72. The topological polar surface area (TPSA) is 98.4 Å². The van der Waals surface area contributed by atoms with Gasteiger partial charge in [0.1, 0.15) is 0 Å². The third-order valence-electron chi connectivity index (χ3n) is 7.11. The van der Waals surface area contributed by atoms with Crippen LogP contribution in [0.25, 0.3) is 0 Å². The number of methoxy groups -OCH3 is 4. The lowest BCUT2D eigenvalue weighted by Crippen LogP contribution is -2.45. The molecule has 0 aliphatic carbocycles. The lowest BCUT2D eigenvalue weighted by atomic mass is 10.0. The van der Waals surface area contributed by atoms with E-state index in [0.29, 0.717) is 47.1 Å². The van der Waals surface area contributed by atoms with Crippen molar-refractivity contribution in [3.63, 3.8) is 0 Å². The van der Waals surface area contributed by atoms with Gasteiger partial charge in [0.25, 0.3) is 11.8 Å². The Labute approximate surface area is 235 Å². The number of para-hydroxylation sites is 1. The summed E-state index contributed by atoms with van der Waals surface area (Å²) in [7, 11) is 6.32. The van der Waals surface area contributed by atoms with Gasteiger partial charge in [-0.2, -0.15) is 0 Å². The van der Waals surface area contributed by atoms with Crippen molar-refractivity contribution in [2.45, 2.75) is 25.3 Å². The molecule has 0 bridgehead atoms. The van der Waals surface area contributed by atoms with Crippen molar-refractivity contribution in [2.24, 2.45) is 0 Å². The minimum absolute atomic E-state index is 0.0410. The maximum absolute atomic E-state index is 13.1. The van der Waals surface area contributed by atoms with Crippen LogP contribution in [0.1, 0.15) is 39.1 Å². The Balaban J connectivity index is 1.32. The van der Waals surface area contributed by atoms with Crippen LogP contribution in [0.15, 0.2) is 60.7 Å². The molecule has 2 amide bonds. The fraction of sp³-hybridized carbons (Fsp3) is 0.355. The van der Waals surface area contributed by atoms with Gasteiger partial charge in [0.05, 0.1) is 34.0 Å². The van der Waals surface area contributed by atoms with E-state index >= 15 is 0 Å². The first-order valence-corrected chi connectivity index (χ1v) is 13.3. The summed E-state index contributed by atoms with van der Waals surface area (Å²) < 4.78 is 21.3. The van der Waals surface area contributed by atoms with Gasteiger partial charge < -0.3 is 34.5 Å². The van der Waals surface area contributed by atoms with E-state index in [-0.39, 0.29) is 17.9 Å². The lowest BCUT2D eigenvalue weighted by Gasteiger charge is -2.35. The van der Waals surface area contributed by atoms with E-state index in [1.54, 1.807) is 46.6 Å². The van der Waals surface area contributed by atoms with Crippen molar-refractivity contribution in [1.29, 1.82) is 0 Å². The molecule has 40 heavy (non-hydrogen) atoms. The standard InChI is InChI=1S/C31H37N3O6/c1-37-26-11-9-21(19-28(26)39-3)13-16-32-31(36)24-7-5-6-8-25(24)34-17-14-23(15-18-34)33-30(35)22-10-12-27(38-2)29(20-22)40-4/h5-12,19-20,23H,13-18H2,1-4H3,(H,32,36)(H,33,35). The highest BCUT2D eigenvalue weighted by Gasteiger charge is 2.24. The van der Waals surface area contributed by atoms with Gasteiger partial charge in [-0.25, -0.2) is 0 Å². The molecule has 9 heteroatoms. The third kappa shape index (κ3) is 6.77. The van der Waals surface area contributed by atoms with Gasteiger partial charge >= 0.3 is 0 Å². The number of carbonyl (C=O) groups is 2. The Morgan fingerprint density at radius 3 is 2.08 bits per heavy atom. The second-order valence-corrected chi connectivity index (χ2v) is 9.52. The minimum Gasteiger partial charge on any atom is -0.493 e. The highest BCUT2D eigenvalue weighted by Crippen LogP contribution is 2.29. The highest BCUT2D eigenvalue weighted by atomic mass is 16.5. The van der Waals surface area contributed by atoms with Crippen molar-refractivity contribution in [2.75, 3.05) is 53.0 Å². The molecular formula is C31H37N3O6. The lowest BCUT2D eigenvalue weighted by molar-refractivity contribution is 0.0929. The fourth-order valence-corrected chi connectivity index (χ4v) is 4.90. The minimum atomic E-state index is -0.145. The summed E-state index contributed by atoms with van der Waals surface area (Å²) in [5.41, 5.74) is 3.11. The molecule has 0 saturated carbocycles. The molecule has 0 spiro atoms. The Morgan fingerprint density at radius 2 is 1.40 bits per heavy atom. The fourth-order valence-electron chi connectivity index (χ4n) is 4.90. The zero-order valence-electron chi connectivity index (χ0n) is 23.5. The summed E-state index contributed by atoms with van der Waals surface area (Å²) in [5, 5.41) is 6.18. The molecule has 0 aromatic heterocycles. The Bertz CT molecular complexity index is 1320. The monoisotopic (exact) mass is 547 g/mol. The summed E-state index contributed by atoms with van der Waals surface area (Å²) in [6.45, 7) is 1.95. The number of anilines is 1. The molecule has 3 aromatic rings. The van der Waals surface area contributed by atoms with Crippen LogP contribution >= 0.6 is 0 Å². The van der Waals surface area contributed by atoms with Crippen LogP contribution < -0.4 is 34.5 Å². The molecule has 1 heterocycles. The number of benzene rings is 3. The average Bonchev–Trinajstić information content (AvgIpc) is 3.00. The molecule has 2 N–H and O–H groups in total. The molecule has 9 nitrogen and oxygen atoms in total. The van der Waals surface area contributed by atoms with Gasteiger partial charge in [0.15, 0.2) is 23.0 Å². The molecule has 3 aromatic carbocycles. The van der Waals surface area contributed by atoms with Crippen molar-refractivity contribution in [3.05, 3.63) is 77.4 Å². The highest BCUT2D eigenvalue weighted by molar-refractivity contribution is 6.00. The van der Waals surface area contributed by atoms with Gasteiger partial charge in [-0.05, 0) is 67.3 Å². The van der Waals surface area contributed by atoms with E-state index < -0.39 is 0 Å². The van der Waals surface area contributed by atoms with Gasteiger partial charge in [-0.3, -0.25) is 9.59 Å². The second-order valence-electron chi connectivity index (χ2n) is 9.52.